The molecule has 0 spiro atoms. The summed E-state index contributed by atoms with van der Waals surface area (Å²) in [5.74, 6) is 1.78. The van der Waals surface area contributed by atoms with E-state index in [4.69, 9.17) is 10.5 Å². The Bertz CT molecular complexity index is 831. The number of fused-ring (bicyclic) bond motifs is 1. The lowest BCUT2D eigenvalue weighted by Gasteiger charge is -2.19. The van der Waals surface area contributed by atoms with Crippen molar-refractivity contribution in [1.29, 1.82) is 0 Å². The molecule has 118 valence electrons. The molecule has 3 rings (SSSR count). The summed E-state index contributed by atoms with van der Waals surface area (Å²) in [5.41, 5.74) is 8.21. The fourth-order valence-corrected chi connectivity index (χ4v) is 2.71. The smallest absolute Gasteiger partial charge is 0.130 e. The second-order valence-corrected chi connectivity index (χ2v) is 6.51. The highest BCUT2D eigenvalue weighted by atomic mass is 16.5. The molecule has 3 aromatic carbocycles. The first kappa shape index (κ1) is 15.6. The lowest BCUT2D eigenvalue weighted by molar-refractivity contribution is 0.477. The number of rotatable bonds is 4. The van der Waals surface area contributed by atoms with Gasteiger partial charge in [0.05, 0.1) is 0 Å². The molecule has 0 amide bonds. The van der Waals surface area contributed by atoms with Gasteiger partial charge in [0, 0.05) is 5.54 Å². The van der Waals surface area contributed by atoms with Gasteiger partial charge in [0.25, 0.3) is 0 Å². The van der Waals surface area contributed by atoms with Crippen LogP contribution < -0.4 is 10.5 Å². The Kier molecular flexibility index (Phi) is 4.10. The Morgan fingerprint density at radius 2 is 1.61 bits per heavy atom. The van der Waals surface area contributed by atoms with Gasteiger partial charge in [-0.3, -0.25) is 0 Å². The van der Waals surface area contributed by atoms with Crippen molar-refractivity contribution in [2.45, 2.75) is 32.7 Å². The molecule has 0 saturated carbocycles. The molecule has 0 aliphatic carbocycles. The minimum atomic E-state index is -0.330. The van der Waals surface area contributed by atoms with Crippen LogP contribution in [0.4, 0.5) is 0 Å². The van der Waals surface area contributed by atoms with Crippen LogP contribution in [0.1, 0.15) is 31.9 Å². The van der Waals surface area contributed by atoms with E-state index in [0.29, 0.717) is 0 Å². The van der Waals surface area contributed by atoms with Gasteiger partial charge in [-0.2, -0.15) is 0 Å². The summed E-state index contributed by atoms with van der Waals surface area (Å²) in [7, 11) is 0. The summed E-state index contributed by atoms with van der Waals surface area (Å²) in [4.78, 5) is 0. The summed E-state index contributed by atoms with van der Waals surface area (Å²) in [6, 6.07) is 20.7. The molecular formula is C21H23NO. The molecule has 2 N–H and O–H groups in total. The third-order valence-electron chi connectivity index (χ3n) is 4.14. The second-order valence-electron chi connectivity index (χ2n) is 6.51. The van der Waals surface area contributed by atoms with Gasteiger partial charge in [-0.25, -0.2) is 0 Å². The van der Waals surface area contributed by atoms with E-state index in [-0.39, 0.29) is 5.54 Å². The molecule has 2 nitrogen and oxygen atoms in total. The Morgan fingerprint density at radius 1 is 0.913 bits per heavy atom. The molecule has 0 saturated heterocycles. The van der Waals surface area contributed by atoms with E-state index < -0.39 is 0 Å². The number of ether oxygens (including phenoxy) is 1. The number of aryl methyl sites for hydroxylation is 1. The number of hydrogen-bond donors (Lipinski definition) is 1. The lowest BCUT2D eigenvalue weighted by atomic mass is 9.93. The fourth-order valence-electron chi connectivity index (χ4n) is 2.71. The highest BCUT2D eigenvalue weighted by Gasteiger charge is 2.14. The zero-order valence-electron chi connectivity index (χ0n) is 14.0. The van der Waals surface area contributed by atoms with Crippen LogP contribution >= 0.6 is 0 Å². The fraction of sp³-hybridized carbons (Fsp3) is 0.238. The molecule has 2 heteroatoms. The van der Waals surface area contributed by atoms with Gasteiger partial charge in [-0.15, -0.1) is 0 Å². The molecule has 0 aliphatic rings. The second kappa shape index (κ2) is 6.05. The number of hydrogen-bond acceptors (Lipinski definition) is 2. The summed E-state index contributed by atoms with van der Waals surface area (Å²) in [5, 5.41) is 2.33. The Balaban J connectivity index is 1.94. The monoisotopic (exact) mass is 305 g/mol. The molecule has 0 atom stereocenters. The average molecular weight is 305 g/mol. The van der Waals surface area contributed by atoms with Gasteiger partial charge in [-0.1, -0.05) is 43.3 Å². The summed E-state index contributed by atoms with van der Waals surface area (Å²) < 4.78 is 6.08. The van der Waals surface area contributed by atoms with Crippen molar-refractivity contribution in [3.8, 4) is 11.5 Å². The quantitative estimate of drug-likeness (QED) is 0.701. The topological polar surface area (TPSA) is 35.2 Å². The third kappa shape index (κ3) is 3.38. The van der Waals surface area contributed by atoms with Crippen molar-refractivity contribution >= 4 is 10.8 Å². The van der Waals surface area contributed by atoms with Crippen molar-refractivity contribution in [2.75, 3.05) is 0 Å². The first-order chi connectivity index (χ1) is 11.0. The van der Waals surface area contributed by atoms with E-state index in [9.17, 15) is 0 Å². The first-order valence-electron chi connectivity index (χ1n) is 8.06. The van der Waals surface area contributed by atoms with E-state index in [1.165, 1.54) is 10.9 Å². The third-order valence-corrected chi connectivity index (χ3v) is 4.14. The Hall–Kier alpha value is -2.32. The molecule has 0 unspecified atom stereocenters. The molecule has 0 fully saturated rings. The lowest BCUT2D eigenvalue weighted by Crippen LogP contribution is -2.28. The van der Waals surface area contributed by atoms with Crippen molar-refractivity contribution in [1.82, 2.24) is 0 Å². The van der Waals surface area contributed by atoms with Crippen LogP contribution in [0.15, 0.2) is 60.7 Å². The van der Waals surface area contributed by atoms with Gasteiger partial charge in [-0.05, 0) is 66.4 Å². The van der Waals surface area contributed by atoms with Gasteiger partial charge < -0.3 is 10.5 Å². The Morgan fingerprint density at radius 3 is 2.35 bits per heavy atom. The number of nitrogens with two attached hydrogens (primary N) is 1. The molecule has 0 heterocycles. The normalized spacial score (nSPS) is 11.7. The molecular weight excluding hydrogens is 282 g/mol. The SMILES string of the molecule is CCc1ccccc1Oc1ccc2cc(C(C)(C)N)ccc2c1. The van der Waals surface area contributed by atoms with Crippen LogP contribution in [0, 0.1) is 0 Å². The van der Waals surface area contributed by atoms with Crippen LogP contribution in [0.2, 0.25) is 0 Å². The van der Waals surface area contributed by atoms with E-state index in [2.05, 4.69) is 43.3 Å². The Labute approximate surface area is 137 Å². The van der Waals surface area contributed by atoms with Crippen molar-refractivity contribution in [3.05, 3.63) is 71.8 Å². The highest BCUT2D eigenvalue weighted by Crippen LogP contribution is 2.30. The van der Waals surface area contributed by atoms with Crippen molar-refractivity contribution in [2.24, 2.45) is 5.73 Å². The maximum Gasteiger partial charge on any atom is 0.130 e. The van der Waals surface area contributed by atoms with Gasteiger partial charge in [0.1, 0.15) is 11.5 Å². The molecule has 3 aromatic rings. The zero-order valence-corrected chi connectivity index (χ0v) is 14.0. The van der Waals surface area contributed by atoms with Crippen molar-refractivity contribution < 1.29 is 4.74 Å². The standard InChI is InChI=1S/C21H23NO/c1-4-15-7-5-6-8-20(15)23-19-12-10-16-13-18(21(2,3)22)11-9-17(16)14-19/h5-14H,4,22H2,1-3H3. The van der Waals surface area contributed by atoms with Crippen LogP contribution in [-0.2, 0) is 12.0 Å². The average Bonchev–Trinajstić information content (AvgIpc) is 2.54. The van der Waals surface area contributed by atoms with Gasteiger partial charge in [0.15, 0.2) is 0 Å². The van der Waals surface area contributed by atoms with Gasteiger partial charge in [0.2, 0.25) is 0 Å². The molecule has 0 aromatic heterocycles. The summed E-state index contributed by atoms with van der Waals surface area (Å²) >= 11 is 0. The molecule has 0 bridgehead atoms. The highest BCUT2D eigenvalue weighted by molar-refractivity contribution is 5.84. The summed E-state index contributed by atoms with van der Waals surface area (Å²) in [6.07, 6.45) is 0.957. The molecule has 0 radical (unpaired) electrons. The van der Waals surface area contributed by atoms with E-state index >= 15 is 0 Å². The van der Waals surface area contributed by atoms with Gasteiger partial charge >= 0.3 is 0 Å². The van der Waals surface area contributed by atoms with Crippen LogP contribution in [-0.4, -0.2) is 0 Å². The molecule has 0 aliphatic heterocycles. The number of para-hydroxylation sites is 1. The minimum Gasteiger partial charge on any atom is -0.457 e. The van der Waals surface area contributed by atoms with Crippen LogP contribution in [0.5, 0.6) is 11.5 Å². The molecule has 23 heavy (non-hydrogen) atoms. The summed E-state index contributed by atoms with van der Waals surface area (Å²) in [6.45, 7) is 6.18. The maximum atomic E-state index is 6.19. The van der Waals surface area contributed by atoms with Crippen molar-refractivity contribution in [3.63, 3.8) is 0 Å². The van der Waals surface area contributed by atoms with E-state index in [1.807, 2.05) is 38.1 Å². The predicted octanol–water partition coefficient (Wildman–Crippen LogP) is 5.39. The predicted molar refractivity (Wildman–Crippen MR) is 97.1 cm³/mol. The van der Waals surface area contributed by atoms with Crippen LogP contribution in [0.3, 0.4) is 0 Å². The maximum absolute atomic E-state index is 6.19. The largest absolute Gasteiger partial charge is 0.457 e. The number of benzene rings is 3. The zero-order chi connectivity index (χ0) is 16.4. The van der Waals surface area contributed by atoms with Crippen LogP contribution in [0.25, 0.3) is 10.8 Å². The minimum absolute atomic E-state index is 0.330. The van der Waals surface area contributed by atoms with E-state index in [1.54, 1.807) is 0 Å². The van der Waals surface area contributed by atoms with E-state index in [0.717, 1.165) is 28.9 Å². The first-order valence-corrected chi connectivity index (χ1v) is 8.06.